The molecule has 0 aliphatic carbocycles. The molecule has 7 nitrogen and oxygen atoms in total. The molecule has 0 spiro atoms. The number of rotatable bonds is 9. The first-order valence-corrected chi connectivity index (χ1v) is 14.0. The van der Waals surface area contributed by atoms with Gasteiger partial charge in [0.1, 0.15) is 24.4 Å². The SMILES string of the molecule is COCC[N+]12CCN(C(=O)c3cnc(C(F)(F)F)nc3)C[C@@H]1CCC[C@@H]2c1ccc(OCCCCl)c(C)c1C. The molecule has 0 N–H and O–H groups in total. The standard InChI is InChI=1S/C28H37ClF3N4O3/c1-19-20(2)25(39-14-5-10-29)9-8-23(19)24-7-4-6-22-18-35(11-12-36(22,24)13-15-38-3)26(37)21-16-33-27(34-17-21)28(30,31)32/h8-9,16-17,22,24H,4-7,10-15,18H2,1-3H3/q+1/t22-,24+,36?/m0/s1. The van der Waals surface area contributed by atoms with Crippen molar-refractivity contribution in [1.29, 1.82) is 0 Å². The van der Waals surface area contributed by atoms with Crippen LogP contribution in [0.3, 0.4) is 0 Å². The summed E-state index contributed by atoms with van der Waals surface area (Å²) in [6.45, 7) is 8.01. The van der Waals surface area contributed by atoms with Crippen molar-refractivity contribution in [2.45, 2.75) is 57.8 Å². The van der Waals surface area contributed by atoms with E-state index in [2.05, 4.69) is 35.9 Å². The zero-order chi connectivity index (χ0) is 28.2. The number of aromatic nitrogens is 2. The molecule has 3 atom stereocenters. The average molecular weight is 570 g/mol. The van der Waals surface area contributed by atoms with Gasteiger partial charge < -0.3 is 18.9 Å². The molecule has 1 amide bonds. The number of quaternary nitrogens is 1. The Morgan fingerprint density at radius 3 is 2.56 bits per heavy atom. The molecule has 1 unspecified atom stereocenters. The Bertz CT molecular complexity index is 1150. The fraction of sp³-hybridized carbons (Fsp3) is 0.607. The van der Waals surface area contributed by atoms with Crippen LogP contribution < -0.4 is 4.74 Å². The number of benzene rings is 1. The molecule has 2 fully saturated rings. The van der Waals surface area contributed by atoms with Crippen LogP contribution in [0.4, 0.5) is 13.2 Å². The van der Waals surface area contributed by atoms with E-state index in [-0.39, 0.29) is 23.6 Å². The number of hydrogen-bond acceptors (Lipinski definition) is 5. The Labute approximate surface area is 232 Å². The van der Waals surface area contributed by atoms with Crippen LogP contribution in [-0.2, 0) is 10.9 Å². The highest BCUT2D eigenvalue weighted by molar-refractivity contribution is 6.17. The number of nitrogens with zero attached hydrogens (tertiary/aromatic N) is 4. The molecule has 0 bridgehead atoms. The molecule has 4 rings (SSSR count). The number of fused-ring (bicyclic) bond motifs is 1. The van der Waals surface area contributed by atoms with Crippen LogP contribution in [0.1, 0.15) is 64.6 Å². The first-order valence-electron chi connectivity index (χ1n) is 13.4. The van der Waals surface area contributed by atoms with E-state index in [0.717, 1.165) is 67.0 Å². The zero-order valence-corrected chi connectivity index (χ0v) is 23.5. The third-order valence-corrected chi connectivity index (χ3v) is 8.67. The first kappa shape index (κ1) is 29.6. The smallest absolute Gasteiger partial charge is 0.451 e. The summed E-state index contributed by atoms with van der Waals surface area (Å²) in [5.41, 5.74) is 3.72. The van der Waals surface area contributed by atoms with E-state index in [1.54, 1.807) is 12.0 Å². The Morgan fingerprint density at radius 1 is 1.15 bits per heavy atom. The Kier molecular flexibility index (Phi) is 9.39. The molecule has 11 heteroatoms. The normalized spacial score (nSPS) is 23.4. The highest BCUT2D eigenvalue weighted by Gasteiger charge is 2.51. The van der Waals surface area contributed by atoms with Gasteiger partial charge >= 0.3 is 6.18 Å². The molecule has 0 saturated carbocycles. The van der Waals surface area contributed by atoms with Crippen molar-refractivity contribution in [1.82, 2.24) is 14.9 Å². The van der Waals surface area contributed by atoms with Crippen LogP contribution in [0.5, 0.6) is 5.75 Å². The molecule has 214 valence electrons. The van der Waals surface area contributed by atoms with Gasteiger partial charge in [-0.1, -0.05) is 0 Å². The average Bonchev–Trinajstić information content (AvgIpc) is 2.93. The number of alkyl halides is 4. The van der Waals surface area contributed by atoms with Crippen LogP contribution in [0.15, 0.2) is 24.5 Å². The van der Waals surface area contributed by atoms with Crippen molar-refractivity contribution in [3.63, 3.8) is 0 Å². The maximum Gasteiger partial charge on any atom is 0.451 e. The quantitative estimate of drug-likeness (QED) is 0.232. The summed E-state index contributed by atoms with van der Waals surface area (Å²) in [6.07, 6.45) is 1.13. The Balaban J connectivity index is 1.58. The van der Waals surface area contributed by atoms with Crippen molar-refractivity contribution >= 4 is 17.5 Å². The van der Waals surface area contributed by atoms with Gasteiger partial charge in [-0.25, -0.2) is 9.97 Å². The van der Waals surface area contributed by atoms with Crippen LogP contribution in [0.2, 0.25) is 0 Å². The number of carbonyl (C=O) groups excluding carboxylic acids is 1. The lowest BCUT2D eigenvalue weighted by Gasteiger charge is -2.57. The molecular formula is C28H37ClF3N4O3+. The zero-order valence-electron chi connectivity index (χ0n) is 22.8. The second kappa shape index (κ2) is 12.4. The number of carbonyl (C=O) groups is 1. The lowest BCUT2D eigenvalue weighted by atomic mass is 9.83. The lowest BCUT2D eigenvalue weighted by molar-refractivity contribution is -0.987. The Hall–Kier alpha value is -2.43. The van der Waals surface area contributed by atoms with E-state index in [9.17, 15) is 18.0 Å². The third-order valence-electron chi connectivity index (χ3n) is 8.41. The third kappa shape index (κ3) is 6.18. The molecule has 1 aromatic heterocycles. The number of hydrogen-bond donors (Lipinski definition) is 0. The van der Waals surface area contributed by atoms with E-state index in [0.29, 0.717) is 32.2 Å². The van der Waals surface area contributed by atoms with E-state index in [1.807, 2.05) is 0 Å². The highest BCUT2D eigenvalue weighted by Crippen LogP contribution is 2.45. The molecule has 1 aromatic carbocycles. The molecule has 2 aliphatic heterocycles. The molecule has 39 heavy (non-hydrogen) atoms. The Morgan fingerprint density at radius 2 is 1.90 bits per heavy atom. The van der Waals surface area contributed by atoms with E-state index in [1.165, 1.54) is 11.1 Å². The minimum absolute atomic E-state index is 0.0727. The minimum atomic E-state index is -4.65. The summed E-state index contributed by atoms with van der Waals surface area (Å²) < 4.78 is 51.0. The fourth-order valence-electron chi connectivity index (χ4n) is 6.23. The summed E-state index contributed by atoms with van der Waals surface area (Å²) in [6, 6.07) is 4.69. The van der Waals surface area contributed by atoms with Gasteiger partial charge in [0.05, 0.1) is 38.4 Å². The van der Waals surface area contributed by atoms with E-state index < -0.39 is 12.0 Å². The topological polar surface area (TPSA) is 64.5 Å². The number of piperidine rings is 1. The second-order valence-corrected chi connectivity index (χ2v) is 10.9. The number of ether oxygens (including phenoxy) is 2. The van der Waals surface area contributed by atoms with Gasteiger partial charge in [0, 0.05) is 43.8 Å². The van der Waals surface area contributed by atoms with Gasteiger partial charge in [-0.15, -0.1) is 11.6 Å². The first-order chi connectivity index (χ1) is 18.6. The summed E-state index contributed by atoms with van der Waals surface area (Å²) >= 11 is 5.81. The van der Waals surface area contributed by atoms with Crippen LogP contribution in [0.25, 0.3) is 0 Å². The molecule has 2 aliphatic rings. The van der Waals surface area contributed by atoms with Crippen molar-refractivity contribution in [2.75, 3.05) is 52.4 Å². The predicted octanol–water partition coefficient (Wildman–Crippen LogP) is 5.33. The minimum Gasteiger partial charge on any atom is -0.493 e. The lowest BCUT2D eigenvalue weighted by Crippen LogP contribution is -2.69. The summed E-state index contributed by atoms with van der Waals surface area (Å²) in [5, 5.41) is 0. The molecule has 3 heterocycles. The van der Waals surface area contributed by atoms with Crippen molar-refractivity contribution < 1.29 is 31.9 Å². The fourth-order valence-corrected chi connectivity index (χ4v) is 6.34. The van der Waals surface area contributed by atoms with Crippen LogP contribution in [-0.4, -0.2) is 83.7 Å². The summed E-state index contributed by atoms with van der Waals surface area (Å²) in [5.74, 6) is -0.138. The number of methoxy groups -OCH3 is 1. The van der Waals surface area contributed by atoms with Gasteiger partial charge in [0.25, 0.3) is 5.91 Å². The number of piperazine rings is 1. The van der Waals surface area contributed by atoms with Crippen molar-refractivity contribution in [3.8, 4) is 5.75 Å². The molecule has 2 aromatic rings. The number of halogens is 4. The largest absolute Gasteiger partial charge is 0.493 e. The maximum atomic E-state index is 13.3. The predicted molar refractivity (Wildman–Crippen MR) is 142 cm³/mol. The maximum absolute atomic E-state index is 13.3. The second-order valence-electron chi connectivity index (χ2n) is 10.5. The highest BCUT2D eigenvalue weighted by atomic mass is 35.5. The monoisotopic (exact) mass is 569 g/mol. The van der Waals surface area contributed by atoms with Crippen molar-refractivity contribution in [3.05, 3.63) is 52.6 Å². The number of amides is 1. The van der Waals surface area contributed by atoms with Gasteiger partial charge in [0.15, 0.2) is 0 Å². The van der Waals surface area contributed by atoms with Crippen LogP contribution >= 0.6 is 11.6 Å². The van der Waals surface area contributed by atoms with E-state index >= 15 is 0 Å². The summed E-state index contributed by atoms with van der Waals surface area (Å²) in [4.78, 5) is 21.8. The van der Waals surface area contributed by atoms with Gasteiger partial charge in [-0.05, 0) is 49.9 Å². The van der Waals surface area contributed by atoms with Crippen molar-refractivity contribution in [2.24, 2.45) is 0 Å². The van der Waals surface area contributed by atoms with Gasteiger partial charge in [0.2, 0.25) is 5.82 Å². The van der Waals surface area contributed by atoms with E-state index in [4.69, 9.17) is 21.1 Å². The van der Waals surface area contributed by atoms with Gasteiger partial charge in [-0.3, -0.25) is 4.79 Å². The molecular weight excluding hydrogens is 533 g/mol. The molecule has 2 saturated heterocycles. The van der Waals surface area contributed by atoms with Gasteiger partial charge in [-0.2, -0.15) is 13.2 Å². The summed E-state index contributed by atoms with van der Waals surface area (Å²) in [7, 11) is 1.71. The molecule has 0 radical (unpaired) electrons. The van der Waals surface area contributed by atoms with Crippen LogP contribution in [0, 0.1) is 13.8 Å².